The van der Waals surface area contributed by atoms with Crippen molar-refractivity contribution in [2.45, 2.75) is 25.2 Å². The van der Waals surface area contributed by atoms with E-state index in [0.717, 1.165) is 88.4 Å². The van der Waals surface area contributed by atoms with Crippen LogP contribution in [0.25, 0.3) is 43.6 Å². The van der Waals surface area contributed by atoms with E-state index in [2.05, 4.69) is 73.0 Å². The summed E-state index contributed by atoms with van der Waals surface area (Å²) in [6.45, 7) is 1.35. The normalized spacial score (nSPS) is 12.2. The van der Waals surface area contributed by atoms with Gasteiger partial charge in [-0.15, -0.1) is 0 Å². The lowest BCUT2D eigenvalue weighted by Crippen LogP contribution is -2.13. The Labute approximate surface area is 390 Å². The monoisotopic (exact) mass is 916 g/mol. The molecule has 0 saturated heterocycles. The van der Waals surface area contributed by atoms with Gasteiger partial charge in [0.05, 0.1) is 34.2 Å². The first kappa shape index (κ1) is 42.9. The van der Waals surface area contributed by atoms with E-state index in [1.807, 2.05) is 103 Å². The molecule has 0 amide bonds. The third-order valence-electron chi connectivity index (χ3n) is 11.2. The summed E-state index contributed by atoms with van der Waals surface area (Å²) in [6.07, 6.45) is 7.13. The molecule has 0 radical (unpaired) electrons. The molecule has 2 atom stereocenters. The van der Waals surface area contributed by atoms with Gasteiger partial charge in [-0.25, -0.2) is 0 Å². The van der Waals surface area contributed by atoms with Crippen LogP contribution in [0.1, 0.15) is 45.5 Å². The van der Waals surface area contributed by atoms with Crippen LogP contribution in [-0.2, 0) is 13.1 Å². The van der Waals surface area contributed by atoms with Crippen molar-refractivity contribution in [3.63, 3.8) is 0 Å². The van der Waals surface area contributed by atoms with E-state index in [1.165, 1.54) is 0 Å². The quantitative estimate of drug-likeness (QED) is 0.107. The van der Waals surface area contributed by atoms with Crippen molar-refractivity contribution in [2.24, 2.45) is 11.5 Å². The number of rotatable bonds is 10. The van der Waals surface area contributed by atoms with Gasteiger partial charge in [0.15, 0.2) is 0 Å². The maximum atomic E-state index is 6.68. The van der Waals surface area contributed by atoms with Gasteiger partial charge in [0.2, 0.25) is 0 Å². The van der Waals surface area contributed by atoms with Crippen LogP contribution < -0.4 is 22.1 Å². The Kier molecular flexibility index (Phi) is 12.9. The van der Waals surface area contributed by atoms with Crippen molar-refractivity contribution in [2.75, 3.05) is 10.6 Å². The highest BCUT2D eigenvalue weighted by atomic mass is 35.5. The summed E-state index contributed by atoms with van der Waals surface area (Å²) in [5.74, 6) is 0. The molecule has 10 aromatic rings. The van der Waals surface area contributed by atoms with Gasteiger partial charge >= 0.3 is 0 Å². The van der Waals surface area contributed by atoms with Crippen LogP contribution in [0.2, 0.25) is 20.1 Å². The van der Waals surface area contributed by atoms with Crippen LogP contribution in [0.3, 0.4) is 0 Å². The van der Waals surface area contributed by atoms with Gasteiger partial charge in [-0.1, -0.05) is 107 Å². The van der Waals surface area contributed by atoms with Crippen LogP contribution in [0.15, 0.2) is 170 Å². The van der Waals surface area contributed by atoms with Gasteiger partial charge in [-0.05, 0) is 118 Å². The molecule has 2 unspecified atom stereocenters. The zero-order valence-corrected chi connectivity index (χ0v) is 37.2. The molecule has 0 spiro atoms. The second-order valence-electron chi connectivity index (χ2n) is 15.3. The highest BCUT2D eigenvalue weighted by Crippen LogP contribution is 2.31. The standard InChI is InChI=1S/2C26H20Cl2N4/c27-18-5-7-20-21(9-11-30-24(20)13-18)26(29)17-3-1-16(2-4-17)15-32-23-10-12-31-25-14-19(28)6-8-22(23)25;27-18-4-6-20-21(8-10-30-24(20)13-18)26(29)17-3-1-2-16(12-17)15-32-23-9-11-31-25-14-19(28)5-7-22(23)25/h2*1-14,26H,15,29H2,(H,31,32). The van der Waals surface area contributed by atoms with Crippen molar-refractivity contribution in [3.05, 3.63) is 224 Å². The van der Waals surface area contributed by atoms with E-state index in [0.29, 0.717) is 33.2 Å². The molecule has 8 nitrogen and oxygen atoms in total. The summed E-state index contributed by atoms with van der Waals surface area (Å²) in [4.78, 5) is 17.6. The van der Waals surface area contributed by atoms with Crippen LogP contribution in [0.5, 0.6) is 0 Å². The lowest BCUT2D eigenvalue weighted by Gasteiger charge is -2.17. The summed E-state index contributed by atoms with van der Waals surface area (Å²) < 4.78 is 0. The second-order valence-corrected chi connectivity index (χ2v) is 17.1. The first-order chi connectivity index (χ1) is 31.2. The molecule has 0 aliphatic heterocycles. The molecule has 64 heavy (non-hydrogen) atoms. The van der Waals surface area contributed by atoms with E-state index in [-0.39, 0.29) is 12.1 Å². The highest BCUT2D eigenvalue weighted by molar-refractivity contribution is 6.32. The van der Waals surface area contributed by atoms with E-state index in [4.69, 9.17) is 57.9 Å². The summed E-state index contributed by atoms with van der Waals surface area (Å²) >= 11 is 24.4. The minimum Gasteiger partial charge on any atom is -0.380 e. The maximum Gasteiger partial charge on any atom is 0.0737 e. The summed E-state index contributed by atoms with van der Waals surface area (Å²) in [5.41, 5.74) is 25.2. The van der Waals surface area contributed by atoms with Crippen molar-refractivity contribution in [1.29, 1.82) is 0 Å². The fourth-order valence-corrected chi connectivity index (χ4v) is 8.54. The number of aromatic nitrogens is 4. The molecule has 12 heteroatoms. The van der Waals surface area contributed by atoms with Crippen molar-refractivity contribution >= 4 is 101 Å². The number of nitrogens with zero attached hydrogens (tertiary/aromatic N) is 4. The third kappa shape index (κ3) is 9.59. The molecule has 0 fully saturated rings. The van der Waals surface area contributed by atoms with Gasteiger partial charge in [0.1, 0.15) is 0 Å². The van der Waals surface area contributed by atoms with Gasteiger partial charge in [0.25, 0.3) is 0 Å². The second kappa shape index (κ2) is 19.2. The molecule has 4 heterocycles. The molecule has 4 aromatic heterocycles. The fraction of sp³-hybridized carbons (Fsp3) is 0.0769. The molecule has 0 bridgehead atoms. The van der Waals surface area contributed by atoms with E-state index >= 15 is 0 Å². The molecule has 6 aromatic carbocycles. The number of fused-ring (bicyclic) bond motifs is 4. The number of nitrogens with one attached hydrogen (secondary N) is 2. The van der Waals surface area contributed by atoms with Crippen molar-refractivity contribution in [1.82, 2.24) is 19.9 Å². The van der Waals surface area contributed by atoms with Gasteiger partial charge in [-0.3, -0.25) is 19.9 Å². The maximum absolute atomic E-state index is 6.68. The molecule has 0 aliphatic carbocycles. The third-order valence-corrected chi connectivity index (χ3v) is 12.1. The first-order valence-electron chi connectivity index (χ1n) is 20.5. The molecule has 316 valence electrons. The Hall–Kier alpha value is -6.36. The predicted molar refractivity (Wildman–Crippen MR) is 267 cm³/mol. The number of benzene rings is 6. The predicted octanol–water partition coefficient (Wildman–Crippen LogP) is 13.5. The number of pyridine rings is 4. The van der Waals surface area contributed by atoms with E-state index in [1.54, 1.807) is 24.8 Å². The average Bonchev–Trinajstić information content (AvgIpc) is 3.31. The lowest BCUT2D eigenvalue weighted by molar-refractivity contribution is 0.875. The number of hydrogen-bond acceptors (Lipinski definition) is 8. The van der Waals surface area contributed by atoms with Crippen LogP contribution in [0.4, 0.5) is 11.4 Å². The zero-order chi connectivity index (χ0) is 44.2. The Morgan fingerprint density at radius 1 is 0.391 bits per heavy atom. The average molecular weight is 919 g/mol. The van der Waals surface area contributed by atoms with Crippen LogP contribution in [-0.4, -0.2) is 19.9 Å². The van der Waals surface area contributed by atoms with Crippen molar-refractivity contribution < 1.29 is 0 Å². The Balaban J connectivity index is 0.000000162. The Bertz CT molecular complexity index is 3290. The van der Waals surface area contributed by atoms with Gasteiger partial charge in [-0.2, -0.15) is 0 Å². The fourth-order valence-electron chi connectivity index (χ4n) is 7.87. The van der Waals surface area contributed by atoms with Crippen LogP contribution >= 0.6 is 46.4 Å². The smallest absolute Gasteiger partial charge is 0.0737 e. The largest absolute Gasteiger partial charge is 0.380 e. The van der Waals surface area contributed by atoms with Crippen LogP contribution in [0, 0.1) is 0 Å². The van der Waals surface area contributed by atoms with Crippen molar-refractivity contribution in [3.8, 4) is 0 Å². The summed E-state index contributed by atoms with van der Waals surface area (Å²) in [7, 11) is 0. The summed E-state index contributed by atoms with van der Waals surface area (Å²) in [6, 6.07) is 46.9. The molecule has 0 saturated carbocycles. The molecule has 0 aliphatic rings. The number of nitrogens with two attached hydrogens (primary N) is 2. The van der Waals surface area contributed by atoms with E-state index in [9.17, 15) is 0 Å². The number of halogens is 4. The first-order valence-corrected chi connectivity index (χ1v) is 22.0. The highest BCUT2D eigenvalue weighted by Gasteiger charge is 2.15. The Morgan fingerprint density at radius 3 is 1.28 bits per heavy atom. The lowest BCUT2D eigenvalue weighted by atomic mass is 9.95. The molecular formula is C52H40Cl4N8. The number of anilines is 2. The SMILES string of the molecule is NC(c1ccc(CNc2ccnc3cc(Cl)ccc23)cc1)c1ccnc2cc(Cl)ccc12.NC(c1cccc(CNc2ccnc3cc(Cl)ccc23)c1)c1ccnc2cc(Cl)ccc12. The zero-order valence-electron chi connectivity index (χ0n) is 34.2. The molecule has 6 N–H and O–H groups in total. The minimum absolute atomic E-state index is 0.252. The minimum atomic E-state index is -0.273. The Morgan fingerprint density at radius 2 is 0.797 bits per heavy atom. The summed E-state index contributed by atoms with van der Waals surface area (Å²) in [5, 5.41) is 13.8. The molecule has 10 rings (SSSR count). The molecular weight excluding hydrogens is 878 g/mol. The van der Waals surface area contributed by atoms with Gasteiger partial charge in [0, 0.05) is 90.9 Å². The van der Waals surface area contributed by atoms with Gasteiger partial charge < -0.3 is 22.1 Å². The topological polar surface area (TPSA) is 128 Å². The number of hydrogen-bond donors (Lipinski definition) is 4. The van der Waals surface area contributed by atoms with E-state index < -0.39 is 0 Å².